The summed E-state index contributed by atoms with van der Waals surface area (Å²) >= 11 is 0. The third-order valence-corrected chi connectivity index (χ3v) is 11.7. The first kappa shape index (κ1) is 65.8. The molecule has 6 nitrogen and oxygen atoms in total. The van der Waals surface area contributed by atoms with Crippen molar-refractivity contribution in [3.8, 4) is 0 Å². The minimum Gasteiger partial charge on any atom is -0.462 e. The Hall–Kier alpha value is -4.19. The predicted molar refractivity (Wildman–Crippen MR) is 302 cm³/mol. The summed E-state index contributed by atoms with van der Waals surface area (Å²) in [6.45, 7) is 6.31. The Bertz CT molecular complexity index is 1490. The van der Waals surface area contributed by atoms with Gasteiger partial charge in [0.25, 0.3) is 0 Å². The van der Waals surface area contributed by atoms with Crippen LogP contribution in [0.4, 0.5) is 0 Å². The largest absolute Gasteiger partial charge is 0.462 e. The molecule has 396 valence electrons. The molecule has 0 aliphatic heterocycles. The summed E-state index contributed by atoms with van der Waals surface area (Å²) < 4.78 is 16.8. The van der Waals surface area contributed by atoms with Gasteiger partial charge in [-0.25, -0.2) is 0 Å². The van der Waals surface area contributed by atoms with E-state index in [2.05, 4.69) is 130 Å². The molecule has 0 saturated heterocycles. The Balaban J connectivity index is 4.43. The molecule has 0 bridgehead atoms. The summed E-state index contributed by atoms with van der Waals surface area (Å²) in [5.41, 5.74) is 0. The lowest BCUT2D eigenvalue weighted by Gasteiger charge is -2.18. The van der Waals surface area contributed by atoms with E-state index in [0.29, 0.717) is 19.3 Å². The van der Waals surface area contributed by atoms with Gasteiger partial charge < -0.3 is 14.2 Å². The third-order valence-electron chi connectivity index (χ3n) is 11.7. The van der Waals surface area contributed by atoms with Crippen molar-refractivity contribution in [2.24, 2.45) is 0 Å². The molecular weight excluding hydrogens is 865 g/mol. The van der Waals surface area contributed by atoms with Crippen molar-refractivity contribution in [1.82, 2.24) is 0 Å². The van der Waals surface area contributed by atoms with Crippen LogP contribution in [-0.2, 0) is 28.6 Å². The maximum absolute atomic E-state index is 12.8. The van der Waals surface area contributed by atoms with Crippen LogP contribution in [-0.4, -0.2) is 37.2 Å². The lowest BCUT2D eigenvalue weighted by atomic mass is 10.1. The van der Waals surface area contributed by atoms with E-state index in [-0.39, 0.29) is 37.5 Å². The molecule has 0 N–H and O–H groups in total. The average Bonchev–Trinajstić information content (AvgIpc) is 3.36. The second kappa shape index (κ2) is 57.4. The minimum atomic E-state index is -0.819. The highest BCUT2D eigenvalue weighted by Crippen LogP contribution is 2.14. The maximum Gasteiger partial charge on any atom is 0.306 e. The Morgan fingerprint density at radius 2 is 0.586 bits per heavy atom. The zero-order chi connectivity index (χ0) is 50.7. The molecule has 0 spiro atoms. The van der Waals surface area contributed by atoms with E-state index in [1.807, 2.05) is 12.2 Å². The van der Waals surface area contributed by atoms with E-state index >= 15 is 0 Å². The second-order valence-electron chi connectivity index (χ2n) is 18.4. The monoisotopic (exact) mass is 969 g/mol. The fourth-order valence-electron chi connectivity index (χ4n) is 7.48. The molecule has 0 saturated carbocycles. The Labute approximate surface area is 431 Å². The molecule has 0 fully saturated rings. The zero-order valence-corrected chi connectivity index (χ0v) is 45.2. The lowest BCUT2D eigenvalue weighted by molar-refractivity contribution is -0.166. The van der Waals surface area contributed by atoms with Gasteiger partial charge in [-0.1, -0.05) is 232 Å². The Morgan fingerprint density at radius 3 is 0.957 bits per heavy atom. The number of unbranched alkanes of at least 4 members (excludes halogenated alkanes) is 19. The highest BCUT2D eigenvalue weighted by Gasteiger charge is 2.19. The highest BCUT2D eigenvalue weighted by atomic mass is 16.6. The van der Waals surface area contributed by atoms with Crippen LogP contribution in [0.15, 0.2) is 122 Å². The van der Waals surface area contributed by atoms with Gasteiger partial charge in [0.2, 0.25) is 0 Å². The van der Waals surface area contributed by atoms with Crippen LogP contribution in [0.5, 0.6) is 0 Å². The molecular formula is C64H104O6. The molecule has 0 aromatic rings. The summed E-state index contributed by atoms with van der Waals surface area (Å²) in [6.07, 6.45) is 79.2. The quantitative estimate of drug-likeness (QED) is 0.0262. The van der Waals surface area contributed by atoms with Crippen LogP contribution in [0.2, 0.25) is 0 Å². The predicted octanol–water partition coefficient (Wildman–Crippen LogP) is 19.3. The summed E-state index contributed by atoms with van der Waals surface area (Å²) in [5.74, 6) is -1.02. The first-order valence-electron chi connectivity index (χ1n) is 28.5. The highest BCUT2D eigenvalue weighted by molar-refractivity contribution is 5.71. The van der Waals surface area contributed by atoms with Gasteiger partial charge in [0.15, 0.2) is 6.10 Å². The van der Waals surface area contributed by atoms with Gasteiger partial charge in [-0.05, 0) is 116 Å². The number of esters is 3. The number of hydrogen-bond donors (Lipinski definition) is 0. The SMILES string of the molecule is CC/C=C\C/C=C\C/C=C\C/C=C\CCCCCCCCCCCCC(=O)OCC(COC(=O)CC/C=C\C/C=C\C/C=C\C/C=C\CC)OC(=O)CCCCCCC/C=C\C/C=C\CCCCCC. The molecule has 0 aliphatic rings. The Kier molecular flexibility index (Phi) is 54.0. The maximum atomic E-state index is 12.8. The standard InChI is InChI=1S/C64H104O6/c1-4-7-10-13-16-19-22-25-27-29-30-31-32-33-34-35-37-39-42-45-48-51-54-57-63(66)69-60-61(59-68-62(65)56-53-50-47-44-41-38-24-21-18-15-12-9-6-3)70-64(67)58-55-52-49-46-43-40-36-28-26-23-20-17-14-11-8-5-2/h7,9-10,12,16,18-21,23,25,27-28,30-31,36,38,41,47,50,61H,4-6,8,11,13-15,17,22,24,26,29,32-35,37,39-40,42-46,48-49,51-60H2,1-3H3/b10-7-,12-9-,19-16-,21-18-,23-20-,27-25-,31-30-,36-28-,41-38-,50-47-. The summed E-state index contributed by atoms with van der Waals surface area (Å²) in [5, 5.41) is 0. The fourth-order valence-corrected chi connectivity index (χ4v) is 7.48. The van der Waals surface area contributed by atoms with E-state index in [4.69, 9.17) is 14.2 Å². The van der Waals surface area contributed by atoms with Crippen molar-refractivity contribution in [1.29, 1.82) is 0 Å². The first-order chi connectivity index (χ1) is 34.5. The van der Waals surface area contributed by atoms with Gasteiger partial charge in [-0.2, -0.15) is 0 Å². The molecule has 0 aliphatic carbocycles. The van der Waals surface area contributed by atoms with Gasteiger partial charge >= 0.3 is 17.9 Å². The van der Waals surface area contributed by atoms with E-state index in [1.54, 1.807) is 0 Å². The van der Waals surface area contributed by atoms with Crippen LogP contribution >= 0.6 is 0 Å². The number of ether oxygens (including phenoxy) is 3. The molecule has 0 radical (unpaired) electrons. The Morgan fingerprint density at radius 1 is 0.300 bits per heavy atom. The lowest BCUT2D eigenvalue weighted by Crippen LogP contribution is -2.30. The van der Waals surface area contributed by atoms with Crippen LogP contribution in [0.1, 0.15) is 245 Å². The van der Waals surface area contributed by atoms with Crippen molar-refractivity contribution >= 4 is 17.9 Å². The van der Waals surface area contributed by atoms with E-state index in [0.717, 1.165) is 116 Å². The zero-order valence-electron chi connectivity index (χ0n) is 45.2. The molecule has 70 heavy (non-hydrogen) atoms. The van der Waals surface area contributed by atoms with E-state index in [1.165, 1.54) is 83.5 Å². The topological polar surface area (TPSA) is 78.9 Å². The number of rotatable bonds is 50. The summed E-state index contributed by atoms with van der Waals surface area (Å²) in [7, 11) is 0. The van der Waals surface area contributed by atoms with Crippen molar-refractivity contribution in [2.45, 2.75) is 252 Å². The smallest absolute Gasteiger partial charge is 0.306 e. The molecule has 0 amide bonds. The molecule has 6 heteroatoms. The van der Waals surface area contributed by atoms with Gasteiger partial charge in [0.05, 0.1) is 0 Å². The fraction of sp³-hybridized carbons (Fsp3) is 0.641. The van der Waals surface area contributed by atoms with Crippen molar-refractivity contribution in [3.63, 3.8) is 0 Å². The van der Waals surface area contributed by atoms with Gasteiger partial charge in [0.1, 0.15) is 13.2 Å². The van der Waals surface area contributed by atoms with Gasteiger partial charge in [0, 0.05) is 19.3 Å². The average molecular weight is 970 g/mol. The van der Waals surface area contributed by atoms with Gasteiger partial charge in [-0.3, -0.25) is 14.4 Å². The number of carbonyl (C=O) groups excluding carboxylic acids is 3. The van der Waals surface area contributed by atoms with Crippen molar-refractivity contribution in [3.05, 3.63) is 122 Å². The molecule has 0 rings (SSSR count). The first-order valence-corrected chi connectivity index (χ1v) is 28.5. The van der Waals surface area contributed by atoms with Crippen molar-refractivity contribution in [2.75, 3.05) is 13.2 Å². The van der Waals surface area contributed by atoms with Crippen molar-refractivity contribution < 1.29 is 28.6 Å². The number of hydrogen-bond acceptors (Lipinski definition) is 6. The normalized spacial score (nSPS) is 13.0. The van der Waals surface area contributed by atoms with Crippen LogP contribution in [0, 0.1) is 0 Å². The van der Waals surface area contributed by atoms with Crippen LogP contribution < -0.4 is 0 Å². The number of allylic oxidation sites excluding steroid dienone is 20. The molecule has 0 aromatic heterocycles. The van der Waals surface area contributed by atoms with Crippen LogP contribution in [0.25, 0.3) is 0 Å². The minimum absolute atomic E-state index is 0.111. The van der Waals surface area contributed by atoms with Gasteiger partial charge in [-0.15, -0.1) is 0 Å². The molecule has 1 atom stereocenters. The molecule has 0 aromatic carbocycles. The summed E-state index contributed by atoms with van der Waals surface area (Å²) in [4.78, 5) is 38.1. The second-order valence-corrected chi connectivity index (χ2v) is 18.4. The third kappa shape index (κ3) is 54.7. The number of carbonyl (C=O) groups is 3. The molecule has 0 heterocycles. The van der Waals surface area contributed by atoms with E-state index in [9.17, 15) is 14.4 Å². The van der Waals surface area contributed by atoms with E-state index < -0.39 is 6.10 Å². The van der Waals surface area contributed by atoms with Crippen LogP contribution in [0.3, 0.4) is 0 Å². The summed E-state index contributed by atoms with van der Waals surface area (Å²) in [6, 6.07) is 0. The molecule has 1 unspecified atom stereocenters.